The van der Waals surface area contributed by atoms with Crippen molar-refractivity contribution in [1.82, 2.24) is 10.3 Å². The van der Waals surface area contributed by atoms with Crippen molar-refractivity contribution >= 4 is 11.7 Å². The van der Waals surface area contributed by atoms with Gasteiger partial charge in [-0.25, -0.2) is 4.98 Å². The maximum absolute atomic E-state index is 11.3. The molecule has 0 atom stereocenters. The van der Waals surface area contributed by atoms with Gasteiger partial charge in [-0.05, 0) is 13.0 Å². The van der Waals surface area contributed by atoms with E-state index >= 15 is 0 Å². The van der Waals surface area contributed by atoms with E-state index in [-0.39, 0.29) is 5.91 Å². The van der Waals surface area contributed by atoms with Gasteiger partial charge in [0.25, 0.3) is 0 Å². The Balaban J connectivity index is 2.89. The van der Waals surface area contributed by atoms with Gasteiger partial charge in [-0.15, -0.1) is 0 Å². The van der Waals surface area contributed by atoms with Crippen LogP contribution in [0, 0.1) is 0 Å². The number of carbonyl (C=O) groups is 1. The third-order valence-corrected chi connectivity index (χ3v) is 2.38. The van der Waals surface area contributed by atoms with E-state index in [1.807, 2.05) is 24.0 Å². The van der Waals surface area contributed by atoms with Crippen LogP contribution in [0.1, 0.15) is 12.5 Å². The first kappa shape index (κ1) is 12.4. The van der Waals surface area contributed by atoms with Crippen molar-refractivity contribution in [2.24, 2.45) is 5.73 Å². The standard InChI is InChI=1S/C11H18N4O/c1-3-15(8-10(16)13-2)11-9(7-12)5-4-6-14-11/h4-6H,3,7-8,12H2,1-2H3,(H,13,16). The van der Waals surface area contributed by atoms with Crippen LogP contribution in [-0.4, -0.2) is 31.0 Å². The minimum absolute atomic E-state index is 0.0320. The highest BCUT2D eigenvalue weighted by molar-refractivity contribution is 5.80. The molecule has 1 rings (SSSR count). The molecule has 0 saturated carbocycles. The summed E-state index contributed by atoms with van der Waals surface area (Å²) in [6.45, 7) is 3.43. The van der Waals surface area contributed by atoms with E-state index in [9.17, 15) is 4.79 Å². The molecule has 0 spiro atoms. The molecule has 1 heterocycles. The SMILES string of the molecule is CCN(CC(=O)NC)c1ncccc1CN. The highest BCUT2D eigenvalue weighted by atomic mass is 16.1. The molecule has 0 saturated heterocycles. The van der Waals surface area contributed by atoms with Crippen LogP contribution in [0.5, 0.6) is 0 Å². The van der Waals surface area contributed by atoms with Crippen LogP contribution in [0.4, 0.5) is 5.82 Å². The van der Waals surface area contributed by atoms with Crippen molar-refractivity contribution in [3.8, 4) is 0 Å². The van der Waals surface area contributed by atoms with E-state index < -0.39 is 0 Å². The molecule has 0 unspecified atom stereocenters. The van der Waals surface area contributed by atoms with Crippen LogP contribution in [-0.2, 0) is 11.3 Å². The lowest BCUT2D eigenvalue weighted by molar-refractivity contribution is -0.119. The van der Waals surface area contributed by atoms with Crippen molar-refractivity contribution in [1.29, 1.82) is 0 Å². The first-order valence-corrected chi connectivity index (χ1v) is 5.32. The summed E-state index contributed by atoms with van der Waals surface area (Å²) in [7, 11) is 1.62. The average Bonchev–Trinajstić information content (AvgIpc) is 2.35. The van der Waals surface area contributed by atoms with E-state index in [1.165, 1.54) is 0 Å². The number of rotatable bonds is 5. The number of anilines is 1. The molecule has 1 aromatic rings. The number of aromatic nitrogens is 1. The first-order valence-electron chi connectivity index (χ1n) is 5.32. The monoisotopic (exact) mass is 222 g/mol. The zero-order valence-corrected chi connectivity index (χ0v) is 9.73. The van der Waals surface area contributed by atoms with E-state index in [2.05, 4.69) is 10.3 Å². The molecular weight excluding hydrogens is 204 g/mol. The molecule has 0 aliphatic rings. The van der Waals surface area contributed by atoms with Gasteiger partial charge in [0, 0.05) is 31.9 Å². The zero-order valence-electron chi connectivity index (χ0n) is 9.73. The van der Waals surface area contributed by atoms with Gasteiger partial charge in [0.2, 0.25) is 5.91 Å². The number of nitrogens with one attached hydrogen (secondary N) is 1. The smallest absolute Gasteiger partial charge is 0.239 e. The summed E-state index contributed by atoms with van der Waals surface area (Å²) in [6.07, 6.45) is 1.71. The number of nitrogens with zero attached hydrogens (tertiary/aromatic N) is 2. The topological polar surface area (TPSA) is 71.2 Å². The third kappa shape index (κ3) is 2.93. The van der Waals surface area contributed by atoms with Gasteiger partial charge in [-0.1, -0.05) is 6.07 Å². The summed E-state index contributed by atoms with van der Waals surface area (Å²) < 4.78 is 0. The Labute approximate surface area is 95.7 Å². The van der Waals surface area contributed by atoms with Crippen LogP contribution >= 0.6 is 0 Å². The lowest BCUT2D eigenvalue weighted by Crippen LogP contribution is -2.36. The van der Waals surface area contributed by atoms with Crippen LogP contribution < -0.4 is 16.0 Å². The van der Waals surface area contributed by atoms with Gasteiger partial charge in [0.1, 0.15) is 5.82 Å². The van der Waals surface area contributed by atoms with Crippen molar-refractivity contribution in [2.45, 2.75) is 13.5 Å². The summed E-state index contributed by atoms with van der Waals surface area (Å²) in [5.74, 6) is 0.756. The Hall–Kier alpha value is -1.62. The highest BCUT2D eigenvalue weighted by Crippen LogP contribution is 2.15. The normalized spacial score (nSPS) is 9.94. The fourth-order valence-electron chi connectivity index (χ4n) is 1.46. The molecular formula is C11H18N4O. The Bertz CT molecular complexity index is 354. The van der Waals surface area contributed by atoms with E-state index in [0.29, 0.717) is 13.1 Å². The minimum atomic E-state index is -0.0320. The zero-order chi connectivity index (χ0) is 12.0. The Morgan fingerprint density at radius 1 is 1.62 bits per heavy atom. The first-order chi connectivity index (χ1) is 7.72. The molecule has 88 valence electrons. The van der Waals surface area contributed by atoms with E-state index in [1.54, 1.807) is 13.2 Å². The predicted octanol–water partition coefficient (Wildman–Crippen LogP) is 0.113. The summed E-state index contributed by atoms with van der Waals surface area (Å²) >= 11 is 0. The number of hydrogen-bond donors (Lipinski definition) is 2. The second-order valence-electron chi connectivity index (χ2n) is 3.38. The number of nitrogens with two attached hydrogens (primary N) is 1. The Morgan fingerprint density at radius 2 is 2.38 bits per heavy atom. The highest BCUT2D eigenvalue weighted by Gasteiger charge is 2.12. The van der Waals surface area contributed by atoms with Crippen LogP contribution in [0.25, 0.3) is 0 Å². The van der Waals surface area contributed by atoms with Crippen molar-refractivity contribution in [2.75, 3.05) is 25.0 Å². The largest absolute Gasteiger partial charge is 0.358 e. The van der Waals surface area contributed by atoms with Gasteiger partial charge in [-0.2, -0.15) is 0 Å². The third-order valence-electron chi connectivity index (χ3n) is 2.38. The fraction of sp³-hybridized carbons (Fsp3) is 0.455. The fourth-order valence-corrected chi connectivity index (χ4v) is 1.46. The van der Waals surface area contributed by atoms with Gasteiger partial charge >= 0.3 is 0 Å². The molecule has 1 aromatic heterocycles. The maximum atomic E-state index is 11.3. The van der Waals surface area contributed by atoms with Crippen LogP contribution in [0.15, 0.2) is 18.3 Å². The maximum Gasteiger partial charge on any atom is 0.239 e. The molecule has 5 heteroatoms. The molecule has 1 amide bonds. The summed E-state index contributed by atoms with van der Waals surface area (Å²) in [5, 5.41) is 2.60. The molecule has 0 aliphatic carbocycles. The van der Waals surface area contributed by atoms with Gasteiger partial charge in [0.15, 0.2) is 0 Å². The molecule has 5 nitrogen and oxygen atoms in total. The number of likely N-dealkylation sites (N-methyl/N-ethyl adjacent to an activating group) is 2. The quantitative estimate of drug-likeness (QED) is 0.742. The molecule has 3 N–H and O–H groups in total. The second kappa shape index (κ2) is 6.07. The average molecular weight is 222 g/mol. The van der Waals surface area contributed by atoms with Crippen LogP contribution in [0.2, 0.25) is 0 Å². The van der Waals surface area contributed by atoms with Crippen LogP contribution in [0.3, 0.4) is 0 Å². The molecule has 0 fully saturated rings. The lowest BCUT2D eigenvalue weighted by atomic mass is 10.2. The summed E-state index contributed by atoms with van der Waals surface area (Å²) in [4.78, 5) is 17.5. The molecule has 0 bridgehead atoms. The molecule has 16 heavy (non-hydrogen) atoms. The van der Waals surface area contributed by atoms with Gasteiger partial charge in [-0.3, -0.25) is 4.79 Å². The van der Waals surface area contributed by atoms with Crippen molar-refractivity contribution in [3.05, 3.63) is 23.9 Å². The van der Waals surface area contributed by atoms with E-state index in [0.717, 1.165) is 17.9 Å². The predicted molar refractivity (Wildman–Crippen MR) is 64.1 cm³/mol. The lowest BCUT2D eigenvalue weighted by Gasteiger charge is -2.23. The minimum Gasteiger partial charge on any atom is -0.358 e. The molecule has 0 aliphatic heterocycles. The number of pyridine rings is 1. The Morgan fingerprint density at radius 3 is 2.94 bits per heavy atom. The molecule has 0 radical (unpaired) electrons. The number of amides is 1. The molecule has 0 aromatic carbocycles. The van der Waals surface area contributed by atoms with Crippen molar-refractivity contribution in [3.63, 3.8) is 0 Å². The second-order valence-corrected chi connectivity index (χ2v) is 3.38. The van der Waals surface area contributed by atoms with Gasteiger partial charge in [0.05, 0.1) is 6.54 Å². The summed E-state index contributed by atoms with van der Waals surface area (Å²) in [5.41, 5.74) is 6.59. The summed E-state index contributed by atoms with van der Waals surface area (Å²) in [6, 6.07) is 3.77. The van der Waals surface area contributed by atoms with Gasteiger partial charge < -0.3 is 16.0 Å². The van der Waals surface area contributed by atoms with Crippen molar-refractivity contribution < 1.29 is 4.79 Å². The number of hydrogen-bond acceptors (Lipinski definition) is 4. The number of carbonyl (C=O) groups excluding carboxylic acids is 1. The van der Waals surface area contributed by atoms with E-state index in [4.69, 9.17) is 5.73 Å². The Kier molecular flexibility index (Phi) is 4.72.